The van der Waals surface area contributed by atoms with Gasteiger partial charge in [0.2, 0.25) is 0 Å². The zero-order valence-corrected chi connectivity index (χ0v) is 8.41. The van der Waals surface area contributed by atoms with Crippen molar-refractivity contribution in [2.75, 3.05) is 13.1 Å². The first kappa shape index (κ1) is 9.69. The molecule has 1 aliphatic rings. The molecule has 2 heteroatoms. The van der Waals surface area contributed by atoms with Gasteiger partial charge < -0.3 is 10.1 Å². The lowest BCUT2D eigenvalue weighted by molar-refractivity contribution is 0.0253. The minimum Gasteiger partial charge on any atom is -0.372 e. The summed E-state index contributed by atoms with van der Waals surface area (Å²) in [6.07, 6.45) is 2.84. The lowest BCUT2D eigenvalue weighted by Crippen LogP contribution is -2.35. The fraction of sp³-hybridized carbons (Fsp3) is 0.500. The predicted octanol–water partition coefficient (Wildman–Crippen LogP) is 1.96. The van der Waals surface area contributed by atoms with E-state index >= 15 is 0 Å². The number of benzene rings is 1. The van der Waals surface area contributed by atoms with Crippen LogP contribution in [0.1, 0.15) is 18.4 Å². The summed E-state index contributed by atoms with van der Waals surface area (Å²) in [4.78, 5) is 0. The highest BCUT2D eigenvalue weighted by Gasteiger charge is 2.12. The van der Waals surface area contributed by atoms with Gasteiger partial charge in [-0.05, 0) is 24.9 Å². The molecular formula is C12H17NO. The van der Waals surface area contributed by atoms with Crippen molar-refractivity contribution in [2.45, 2.75) is 25.6 Å². The van der Waals surface area contributed by atoms with Crippen LogP contribution in [0.2, 0.25) is 0 Å². The summed E-state index contributed by atoms with van der Waals surface area (Å²) in [6, 6.07) is 10.4. The maximum atomic E-state index is 5.81. The van der Waals surface area contributed by atoms with Crippen LogP contribution in [0, 0.1) is 0 Å². The van der Waals surface area contributed by atoms with Crippen LogP contribution in [0.15, 0.2) is 30.3 Å². The van der Waals surface area contributed by atoms with Gasteiger partial charge in [0.15, 0.2) is 0 Å². The fourth-order valence-electron chi connectivity index (χ4n) is 1.75. The number of piperidine rings is 1. The zero-order valence-electron chi connectivity index (χ0n) is 8.41. The second-order valence-electron chi connectivity index (χ2n) is 3.76. The summed E-state index contributed by atoms with van der Waals surface area (Å²) in [5, 5.41) is 3.35. The third kappa shape index (κ3) is 2.82. The third-order valence-corrected chi connectivity index (χ3v) is 2.58. The summed E-state index contributed by atoms with van der Waals surface area (Å²) < 4.78 is 5.81. The molecule has 0 bridgehead atoms. The van der Waals surface area contributed by atoms with Crippen LogP contribution < -0.4 is 5.32 Å². The van der Waals surface area contributed by atoms with Gasteiger partial charge in [0.1, 0.15) is 0 Å². The van der Waals surface area contributed by atoms with E-state index in [1.54, 1.807) is 0 Å². The van der Waals surface area contributed by atoms with Gasteiger partial charge in [-0.1, -0.05) is 30.3 Å². The Kier molecular flexibility index (Phi) is 3.55. The van der Waals surface area contributed by atoms with E-state index in [9.17, 15) is 0 Å². The maximum absolute atomic E-state index is 5.81. The van der Waals surface area contributed by atoms with Crippen molar-refractivity contribution in [3.63, 3.8) is 0 Å². The summed E-state index contributed by atoms with van der Waals surface area (Å²) in [5.74, 6) is 0. The Morgan fingerprint density at radius 2 is 2.14 bits per heavy atom. The summed E-state index contributed by atoms with van der Waals surface area (Å²) >= 11 is 0. The fourth-order valence-corrected chi connectivity index (χ4v) is 1.75. The van der Waals surface area contributed by atoms with Crippen molar-refractivity contribution >= 4 is 0 Å². The molecule has 2 nitrogen and oxygen atoms in total. The molecule has 1 heterocycles. The Balaban J connectivity index is 1.76. The van der Waals surface area contributed by atoms with E-state index in [0.29, 0.717) is 6.10 Å². The Bertz CT molecular complexity index is 254. The molecule has 1 aliphatic heterocycles. The number of rotatable bonds is 3. The molecule has 0 spiro atoms. The Hall–Kier alpha value is -0.860. The average Bonchev–Trinajstić information content (AvgIpc) is 2.29. The number of ether oxygens (including phenoxy) is 1. The molecule has 1 saturated heterocycles. The maximum Gasteiger partial charge on any atom is 0.0721 e. The average molecular weight is 191 g/mol. The van der Waals surface area contributed by atoms with Crippen LogP contribution in [0.25, 0.3) is 0 Å². The molecule has 1 unspecified atom stereocenters. The van der Waals surface area contributed by atoms with Gasteiger partial charge in [-0.3, -0.25) is 0 Å². The highest BCUT2D eigenvalue weighted by Crippen LogP contribution is 2.09. The molecule has 14 heavy (non-hydrogen) atoms. The lowest BCUT2D eigenvalue weighted by atomic mass is 10.1. The molecule has 2 rings (SSSR count). The standard InChI is InChI=1S/C12H17NO/c1-2-5-11(6-3-1)10-14-12-7-4-8-13-9-12/h1-3,5-6,12-13H,4,7-10H2. The highest BCUT2D eigenvalue weighted by molar-refractivity contribution is 5.13. The monoisotopic (exact) mass is 191 g/mol. The van der Waals surface area contributed by atoms with E-state index in [1.807, 2.05) is 6.07 Å². The van der Waals surface area contributed by atoms with Crippen LogP contribution in [-0.4, -0.2) is 19.2 Å². The van der Waals surface area contributed by atoms with E-state index in [1.165, 1.54) is 18.4 Å². The molecule has 0 aliphatic carbocycles. The number of hydrogen-bond acceptors (Lipinski definition) is 2. The van der Waals surface area contributed by atoms with E-state index < -0.39 is 0 Å². The molecule has 0 radical (unpaired) electrons. The molecular weight excluding hydrogens is 174 g/mol. The minimum atomic E-state index is 0.406. The SMILES string of the molecule is c1ccc(COC2CCCNC2)cc1. The Morgan fingerprint density at radius 1 is 1.29 bits per heavy atom. The molecule has 1 atom stereocenters. The van der Waals surface area contributed by atoms with Crippen molar-refractivity contribution in [3.05, 3.63) is 35.9 Å². The van der Waals surface area contributed by atoms with Crippen molar-refractivity contribution < 1.29 is 4.74 Å². The molecule has 76 valence electrons. The number of nitrogens with one attached hydrogen (secondary N) is 1. The van der Waals surface area contributed by atoms with Gasteiger partial charge in [-0.2, -0.15) is 0 Å². The Morgan fingerprint density at radius 3 is 2.86 bits per heavy atom. The summed E-state index contributed by atoms with van der Waals surface area (Å²) in [6.45, 7) is 2.89. The summed E-state index contributed by atoms with van der Waals surface area (Å²) in [7, 11) is 0. The van der Waals surface area contributed by atoms with Crippen molar-refractivity contribution in [2.24, 2.45) is 0 Å². The highest BCUT2D eigenvalue weighted by atomic mass is 16.5. The van der Waals surface area contributed by atoms with Gasteiger partial charge >= 0.3 is 0 Å². The lowest BCUT2D eigenvalue weighted by Gasteiger charge is -2.23. The van der Waals surface area contributed by atoms with Crippen molar-refractivity contribution in [1.82, 2.24) is 5.32 Å². The van der Waals surface area contributed by atoms with Gasteiger partial charge in [0.05, 0.1) is 12.7 Å². The van der Waals surface area contributed by atoms with Crippen LogP contribution in [-0.2, 0) is 11.3 Å². The van der Waals surface area contributed by atoms with E-state index in [0.717, 1.165) is 19.7 Å². The van der Waals surface area contributed by atoms with Crippen LogP contribution >= 0.6 is 0 Å². The van der Waals surface area contributed by atoms with Gasteiger partial charge in [0.25, 0.3) is 0 Å². The number of hydrogen-bond donors (Lipinski definition) is 1. The molecule has 1 fully saturated rings. The van der Waals surface area contributed by atoms with Crippen LogP contribution in [0.4, 0.5) is 0 Å². The molecule has 1 aromatic rings. The first-order valence-electron chi connectivity index (χ1n) is 5.31. The normalized spacial score (nSPS) is 22.1. The largest absolute Gasteiger partial charge is 0.372 e. The Labute approximate surface area is 85.3 Å². The van der Waals surface area contributed by atoms with E-state index in [4.69, 9.17) is 4.74 Å². The van der Waals surface area contributed by atoms with Gasteiger partial charge in [-0.15, -0.1) is 0 Å². The first-order chi connectivity index (χ1) is 6.95. The van der Waals surface area contributed by atoms with Gasteiger partial charge in [-0.25, -0.2) is 0 Å². The smallest absolute Gasteiger partial charge is 0.0721 e. The zero-order chi connectivity index (χ0) is 9.64. The molecule has 1 N–H and O–H groups in total. The first-order valence-corrected chi connectivity index (χ1v) is 5.31. The van der Waals surface area contributed by atoms with Crippen LogP contribution in [0.3, 0.4) is 0 Å². The van der Waals surface area contributed by atoms with Gasteiger partial charge in [0, 0.05) is 6.54 Å². The second-order valence-corrected chi connectivity index (χ2v) is 3.76. The predicted molar refractivity (Wildman–Crippen MR) is 57.1 cm³/mol. The molecule has 0 saturated carbocycles. The van der Waals surface area contributed by atoms with E-state index in [-0.39, 0.29) is 0 Å². The third-order valence-electron chi connectivity index (χ3n) is 2.58. The minimum absolute atomic E-state index is 0.406. The van der Waals surface area contributed by atoms with Crippen LogP contribution in [0.5, 0.6) is 0 Å². The molecule has 1 aromatic carbocycles. The van der Waals surface area contributed by atoms with Crippen molar-refractivity contribution in [1.29, 1.82) is 0 Å². The molecule has 0 aromatic heterocycles. The second kappa shape index (κ2) is 5.13. The van der Waals surface area contributed by atoms with Crippen molar-refractivity contribution in [3.8, 4) is 0 Å². The summed E-state index contributed by atoms with van der Waals surface area (Å²) in [5.41, 5.74) is 1.26. The topological polar surface area (TPSA) is 21.3 Å². The molecule has 0 amide bonds. The quantitative estimate of drug-likeness (QED) is 0.788. The van der Waals surface area contributed by atoms with E-state index in [2.05, 4.69) is 29.6 Å².